The van der Waals surface area contributed by atoms with Crippen molar-refractivity contribution < 1.29 is 38.3 Å². The number of thioether (sulfide) groups is 1. The summed E-state index contributed by atoms with van der Waals surface area (Å²) in [6.45, 7) is 12.4. The van der Waals surface area contributed by atoms with Crippen molar-refractivity contribution in [3.05, 3.63) is 71.8 Å². The van der Waals surface area contributed by atoms with Gasteiger partial charge < -0.3 is 35.8 Å². The number of nitrogens with one attached hydrogen (secondary N) is 4. The third kappa shape index (κ3) is 14.9. The lowest BCUT2D eigenvalue weighted by molar-refractivity contribution is -0.168. The summed E-state index contributed by atoms with van der Waals surface area (Å²) >= 11 is 1.48. The molecule has 0 radical (unpaired) electrons. The lowest BCUT2D eigenvalue weighted by Gasteiger charge is -2.35. The Morgan fingerprint density at radius 2 is 1.20 bits per heavy atom. The second kappa shape index (κ2) is 24.5. The van der Waals surface area contributed by atoms with E-state index in [2.05, 4.69) is 21.3 Å². The molecule has 14 nitrogen and oxygen atoms in total. The van der Waals surface area contributed by atoms with Gasteiger partial charge in [-0.1, -0.05) is 102 Å². The van der Waals surface area contributed by atoms with Crippen LogP contribution in [0.25, 0.3) is 0 Å². The lowest BCUT2D eigenvalue weighted by atomic mass is 9.96. The van der Waals surface area contributed by atoms with Crippen molar-refractivity contribution >= 4 is 53.2 Å². The Labute approximate surface area is 366 Å². The molecule has 15 heteroatoms. The number of hydrogen-bond acceptors (Lipinski definition) is 9. The molecule has 2 aromatic rings. The smallest absolute Gasteiger partial charge is 0.311 e. The van der Waals surface area contributed by atoms with Crippen LogP contribution >= 0.6 is 11.8 Å². The third-order valence-corrected chi connectivity index (χ3v) is 11.7. The number of carbonyl (C=O) groups excluding carboxylic acids is 7. The van der Waals surface area contributed by atoms with Crippen molar-refractivity contribution in [1.29, 1.82) is 0 Å². The van der Waals surface area contributed by atoms with Gasteiger partial charge in [0.2, 0.25) is 29.5 Å². The number of carbonyl (C=O) groups is 7. The molecule has 0 bridgehead atoms. The normalized spacial score (nSPS) is 25.9. The van der Waals surface area contributed by atoms with Crippen molar-refractivity contribution in [3.63, 3.8) is 0 Å². The molecule has 1 aliphatic heterocycles. The molecule has 3 rings (SSSR count). The van der Waals surface area contributed by atoms with Gasteiger partial charge in [-0.3, -0.25) is 33.6 Å². The van der Waals surface area contributed by atoms with E-state index < -0.39 is 95.6 Å². The van der Waals surface area contributed by atoms with Gasteiger partial charge >= 0.3 is 5.97 Å². The highest BCUT2D eigenvalue weighted by atomic mass is 32.2. The van der Waals surface area contributed by atoms with Gasteiger partial charge in [0.1, 0.15) is 30.2 Å². The van der Waals surface area contributed by atoms with Crippen molar-refractivity contribution in [3.8, 4) is 0 Å². The number of cyclic esters (lactones) is 1. The Balaban J connectivity index is 2.20. The zero-order valence-electron chi connectivity index (χ0n) is 37.6. The average Bonchev–Trinajstić information content (AvgIpc) is 3.23. The molecule has 1 saturated heterocycles. The predicted octanol–water partition coefficient (Wildman–Crippen LogP) is 3.90. The van der Waals surface area contributed by atoms with Crippen LogP contribution in [0.5, 0.6) is 0 Å². The summed E-state index contributed by atoms with van der Waals surface area (Å²) in [5, 5.41) is 11.5. The number of rotatable bonds is 12. The van der Waals surface area contributed by atoms with E-state index in [-0.39, 0.29) is 31.6 Å². The number of hydrogen-bond donors (Lipinski definition) is 4. The van der Waals surface area contributed by atoms with E-state index in [4.69, 9.17) is 4.74 Å². The Morgan fingerprint density at radius 1 is 0.656 bits per heavy atom. The maximum absolute atomic E-state index is 14.6. The number of likely N-dealkylation sites (N-methyl/N-ethyl adjacent to an activating group) is 2. The molecule has 8 atom stereocenters. The van der Waals surface area contributed by atoms with Gasteiger partial charge in [-0.25, -0.2) is 0 Å². The van der Waals surface area contributed by atoms with E-state index in [0.717, 1.165) is 11.1 Å². The Kier molecular flexibility index (Phi) is 20.3. The standard InChI is InChI=1S/C46H68N6O8S/c1-11-18-34-30(6)46(59)60-39(29(4)5)45(58)52(9)38(27-33-21-16-13-17-22-33)43(56)49-35(23-24-61-10)41(54)50-36(26-32-19-14-12-15-20-32)44(57)51(8)37(25-28(2)3)42(55)47-31(7)40(53)48-34/h12-17,19-22,28-31,34-39H,11,18,23-27H2,1-10H3,(H,47,55)(H,48,53)(H,49,56)(H,50,54). The Bertz CT molecular complexity index is 1780. The summed E-state index contributed by atoms with van der Waals surface area (Å²) in [7, 11) is 2.98. The molecule has 2 aromatic carbocycles. The minimum Gasteiger partial charge on any atom is -0.452 e. The molecule has 61 heavy (non-hydrogen) atoms. The van der Waals surface area contributed by atoms with E-state index in [9.17, 15) is 33.6 Å². The van der Waals surface area contributed by atoms with Crippen molar-refractivity contribution in [1.82, 2.24) is 31.1 Å². The van der Waals surface area contributed by atoms with Gasteiger partial charge in [-0.15, -0.1) is 0 Å². The first kappa shape index (κ1) is 50.4. The molecule has 6 amide bonds. The van der Waals surface area contributed by atoms with Crippen LogP contribution in [0.3, 0.4) is 0 Å². The number of benzene rings is 2. The summed E-state index contributed by atoms with van der Waals surface area (Å²) in [6.07, 6.45) is 2.25. The van der Waals surface area contributed by atoms with Crippen LogP contribution in [0.1, 0.15) is 85.3 Å². The van der Waals surface area contributed by atoms with Gasteiger partial charge in [0.15, 0.2) is 6.10 Å². The zero-order chi connectivity index (χ0) is 45.4. The van der Waals surface area contributed by atoms with Crippen LogP contribution in [0.2, 0.25) is 0 Å². The summed E-state index contributed by atoms with van der Waals surface area (Å²) in [4.78, 5) is 102. The molecule has 0 saturated carbocycles. The number of esters is 1. The van der Waals surface area contributed by atoms with Crippen LogP contribution in [-0.4, -0.2) is 120 Å². The lowest BCUT2D eigenvalue weighted by Crippen LogP contribution is -2.60. The van der Waals surface area contributed by atoms with Gasteiger partial charge in [0, 0.05) is 33.0 Å². The highest BCUT2D eigenvalue weighted by molar-refractivity contribution is 7.98. The molecular formula is C46H68N6O8S. The van der Waals surface area contributed by atoms with Gasteiger partial charge in [0.25, 0.3) is 5.91 Å². The highest BCUT2D eigenvalue weighted by Crippen LogP contribution is 2.21. The summed E-state index contributed by atoms with van der Waals surface area (Å²) in [6, 6.07) is 12.2. The van der Waals surface area contributed by atoms with E-state index in [1.165, 1.54) is 42.6 Å². The molecule has 336 valence electrons. The van der Waals surface area contributed by atoms with E-state index in [1.54, 1.807) is 20.8 Å². The van der Waals surface area contributed by atoms with Gasteiger partial charge in [-0.05, 0) is 68.1 Å². The fourth-order valence-corrected chi connectivity index (χ4v) is 7.76. The van der Waals surface area contributed by atoms with Gasteiger partial charge in [0.05, 0.1) is 5.92 Å². The maximum Gasteiger partial charge on any atom is 0.311 e. The van der Waals surface area contributed by atoms with Crippen molar-refractivity contribution in [2.45, 2.75) is 129 Å². The molecule has 0 spiro atoms. The quantitative estimate of drug-likeness (QED) is 0.230. The van der Waals surface area contributed by atoms with Gasteiger partial charge in [-0.2, -0.15) is 11.8 Å². The molecule has 8 unspecified atom stereocenters. The minimum atomic E-state index is -1.28. The molecule has 0 aromatic heterocycles. The number of nitrogens with zero attached hydrogens (tertiary/aromatic N) is 2. The highest BCUT2D eigenvalue weighted by Gasteiger charge is 2.40. The number of ether oxygens (including phenoxy) is 1. The second-order valence-corrected chi connectivity index (χ2v) is 17.9. The fourth-order valence-electron chi connectivity index (χ4n) is 7.29. The van der Waals surface area contributed by atoms with Crippen LogP contribution in [-0.2, 0) is 51.1 Å². The Hall–Kier alpha value is -4.92. The minimum absolute atomic E-state index is 0.0358. The van der Waals surface area contributed by atoms with Crippen LogP contribution < -0.4 is 21.3 Å². The predicted molar refractivity (Wildman–Crippen MR) is 238 cm³/mol. The monoisotopic (exact) mass is 864 g/mol. The summed E-state index contributed by atoms with van der Waals surface area (Å²) in [5.41, 5.74) is 1.51. The summed E-state index contributed by atoms with van der Waals surface area (Å²) in [5.74, 6) is -5.11. The van der Waals surface area contributed by atoms with Crippen LogP contribution in [0, 0.1) is 17.8 Å². The molecule has 0 aliphatic carbocycles. The molecule has 1 aliphatic rings. The SMILES string of the molecule is CCCC1NC(=O)C(C)NC(=O)C(CC(C)C)N(C)C(=O)C(Cc2ccccc2)NC(=O)C(CCSC)NC(=O)C(Cc2ccccc2)N(C)C(=O)C(C(C)C)OC(=O)C1C. The van der Waals surface area contributed by atoms with Crippen molar-refractivity contribution in [2.75, 3.05) is 26.1 Å². The molecule has 4 N–H and O–H groups in total. The second-order valence-electron chi connectivity index (χ2n) is 16.9. The Morgan fingerprint density at radius 3 is 1.74 bits per heavy atom. The average molecular weight is 865 g/mol. The number of amides is 6. The van der Waals surface area contributed by atoms with Crippen LogP contribution in [0.15, 0.2) is 60.7 Å². The first-order valence-corrected chi connectivity index (χ1v) is 22.8. The topological polar surface area (TPSA) is 183 Å². The fraction of sp³-hybridized carbons (Fsp3) is 0.587. The first-order valence-electron chi connectivity index (χ1n) is 21.4. The molecular weight excluding hydrogens is 797 g/mol. The van der Waals surface area contributed by atoms with E-state index in [1.807, 2.05) is 87.7 Å². The summed E-state index contributed by atoms with van der Waals surface area (Å²) < 4.78 is 5.95. The van der Waals surface area contributed by atoms with Crippen LogP contribution in [0.4, 0.5) is 0 Å². The third-order valence-electron chi connectivity index (χ3n) is 11.1. The maximum atomic E-state index is 14.6. The zero-order valence-corrected chi connectivity index (χ0v) is 38.4. The molecule has 1 fully saturated rings. The first-order chi connectivity index (χ1) is 28.9. The van der Waals surface area contributed by atoms with Crippen molar-refractivity contribution in [2.24, 2.45) is 17.8 Å². The molecule has 1 heterocycles. The largest absolute Gasteiger partial charge is 0.452 e. The van der Waals surface area contributed by atoms with E-state index in [0.29, 0.717) is 18.6 Å². The van der Waals surface area contributed by atoms with E-state index >= 15 is 0 Å².